The second kappa shape index (κ2) is 6.80. The lowest BCUT2D eigenvalue weighted by molar-refractivity contribution is -0.116. The molecule has 0 saturated carbocycles. The van der Waals surface area contributed by atoms with Crippen LogP contribution in [0, 0.1) is 0 Å². The first kappa shape index (κ1) is 17.9. The van der Waals surface area contributed by atoms with Gasteiger partial charge in [0.15, 0.2) is 0 Å². The van der Waals surface area contributed by atoms with E-state index in [1.54, 1.807) is 23.1 Å². The van der Waals surface area contributed by atoms with Crippen LogP contribution in [0.15, 0.2) is 45.8 Å². The Morgan fingerprint density at radius 1 is 1.24 bits per heavy atom. The van der Waals surface area contributed by atoms with Crippen LogP contribution in [0.2, 0.25) is 0 Å². The van der Waals surface area contributed by atoms with Crippen molar-refractivity contribution in [2.45, 2.75) is 31.6 Å². The molecule has 0 aromatic heterocycles. The summed E-state index contributed by atoms with van der Waals surface area (Å²) in [6.45, 7) is 4.06. The fourth-order valence-electron chi connectivity index (χ4n) is 3.01. The number of amides is 1. The molecule has 0 bridgehead atoms. The minimum Gasteiger partial charge on any atom is -0.310 e. The first-order chi connectivity index (χ1) is 11.8. The summed E-state index contributed by atoms with van der Waals surface area (Å²) in [6, 6.07) is 10.4. The first-order valence-electron chi connectivity index (χ1n) is 8.04. The maximum absolute atomic E-state index is 12.8. The highest BCUT2D eigenvalue weighted by molar-refractivity contribution is 9.10. The zero-order valence-electron chi connectivity index (χ0n) is 14.0. The number of rotatable bonds is 4. The van der Waals surface area contributed by atoms with E-state index in [4.69, 9.17) is 0 Å². The maximum atomic E-state index is 12.8. The number of carbonyl (C=O) groups excluding carboxylic acids is 1. The molecule has 0 radical (unpaired) electrons. The average Bonchev–Trinajstić information content (AvgIpc) is 2.98. The minimum absolute atomic E-state index is 0.103. The van der Waals surface area contributed by atoms with Crippen molar-refractivity contribution in [2.24, 2.45) is 0 Å². The fourth-order valence-corrected chi connectivity index (χ4v) is 4.57. The molecule has 7 heteroatoms. The van der Waals surface area contributed by atoms with E-state index in [0.717, 1.165) is 22.0 Å². The second-order valence-corrected chi connectivity index (χ2v) is 8.58. The van der Waals surface area contributed by atoms with E-state index in [1.165, 1.54) is 6.92 Å². The van der Waals surface area contributed by atoms with Crippen LogP contribution < -0.4 is 9.62 Å². The summed E-state index contributed by atoms with van der Waals surface area (Å²) < 4.78 is 28.9. The second-order valence-electron chi connectivity index (χ2n) is 5.98. The molecular formula is C18H19BrN2O3S. The summed E-state index contributed by atoms with van der Waals surface area (Å²) >= 11 is 3.42. The largest absolute Gasteiger partial charge is 0.310 e. The zero-order valence-corrected chi connectivity index (χ0v) is 16.4. The van der Waals surface area contributed by atoms with Crippen LogP contribution in [0.1, 0.15) is 25.0 Å². The Balaban J connectivity index is 2.01. The Morgan fingerprint density at radius 2 is 1.92 bits per heavy atom. The van der Waals surface area contributed by atoms with Crippen LogP contribution in [0.25, 0.3) is 0 Å². The highest BCUT2D eigenvalue weighted by Crippen LogP contribution is 2.39. The molecule has 25 heavy (non-hydrogen) atoms. The number of halogens is 1. The van der Waals surface area contributed by atoms with Crippen LogP contribution >= 0.6 is 15.9 Å². The van der Waals surface area contributed by atoms with Crippen molar-refractivity contribution < 1.29 is 13.2 Å². The van der Waals surface area contributed by atoms with Gasteiger partial charge in [-0.15, -0.1) is 0 Å². The number of nitrogens with one attached hydrogen (secondary N) is 1. The molecule has 1 aliphatic heterocycles. The van der Waals surface area contributed by atoms with E-state index >= 15 is 0 Å². The van der Waals surface area contributed by atoms with Gasteiger partial charge in [-0.25, -0.2) is 8.42 Å². The zero-order chi connectivity index (χ0) is 18.2. The maximum Gasteiger partial charge on any atom is 0.261 e. The third kappa shape index (κ3) is 3.57. The summed E-state index contributed by atoms with van der Waals surface area (Å²) in [5, 5.41) is 0. The van der Waals surface area contributed by atoms with Crippen molar-refractivity contribution in [3.63, 3.8) is 0 Å². The van der Waals surface area contributed by atoms with Crippen LogP contribution in [0.5, 0.6) is 0 Å². The van der Waals surface area contributed by atoms with Crippen LogP contribution in [0.4, 0.5) is 11.4 Å². The first-order valence-corrected chi connectivity index (χ1v) is 10.3. The highest BCUT2D eigenvalue weighted by Gasteiger charge is 2.28. The van der Waals surface area contributed by atoms with Crippen molar-refractivity contribution in [3.05, 3.63) is 52.0 Å². The fraction of sp³-hybridized carbons (Fsp3) is 0.278. The van der Waals surface area contributed by atoms with Gasteiger partial charge in [-0.2, -0.15) is 0 Å². The number of sulfonamides is 1. The molecule has 2 aromatic rings. The van der Waals surface area contributed by atoms with Gasteiger partial charge in [0, 0.05) is 17.9 Å². The van der Waals surface area contributed by atoms with Gasteiger partial charge in [0.2, 0.25) is 5.91 Å². The molecule has 132 valence electrons. The molecule has 1 aliphatic rings. The van der Waals surface area contributed by atoms with Gasteiger partial charge in [0.25, 0.3) is 10.0 Å². The number of nitrogens with zero attached hydrogens (tertiary/aromatic N) is 1. The molecular weight excluding hydrogens is 404 g/mol. The Morgan fingerprint density at radius 3 is 2.52 bits per heavy atom. The summed E-state index contributed by atoms with van der Waals surface area (Å²) in [5.74, 6) is -0.103. The third-order valence-electron chi connectivity index (χ3n) is 4.29. The SMILES string of the molecule is CCc1ccc(S(=O)(=O)Nc2cc(Br)cc3c2N(C(C)=O)CC3)cc1. The summed E-state index contributed by atoms with van der Waals surface area (Å²) in [7, 11) is -3.73. The Kier molecular flexibility index (Phi) is 4.88. The monoisotopic (exact) mass is 422 g/mol. The van der Waals surface area contributed by atoms with Gasteiger partial charge >= 0.3 is 0 Å². The molecule has 0 fully saturated rings. The molecule has 0 unspecified atom stereocenters. The quantitative estimate of drug-likeness (QED) is 0.815. The Bertz CT molecular complexity index is 924. The predicted octanol–water partition coefficient (Wildman–Crippen LogP) is 3.72. The predicted molar refractivity (Wildman–Crippen MR) is 103 cm³/mol. The number of carbonyl (C=O) groups is 1. The topological polar surface area (TPSA) is 66.5 Å². The summed E-state index contributed by atoms with van der Waals surface area (Å²) in [5.41, 5.74) is 3.08. The van der Waals surface area contributed by atoms with Crippen molar-refractivity contribution >= 4 is 43.2 Å². The Labute approximate surface area is 156 Å². The normalized spacial score (nSPS) is 13.6. The lowest BCUT2D eigenvalue weighted by atomic mass is 10.1. The number of benzene rings is 2. The highest BCUT2D eigenvalue weighted by atomic mass is 79.9. The molecule has 1 N–H and O–H groups in total. The number of hydrogen-bond donors (Lipinski definition) is 1. The summed E-state index contributed by atoms with van der Waals surface area (Å²) in [6.07, 6.45) is 1.55. The molecule has 0 saturated heterocycles. The molecule has 0 spiro atoms. The van der Waals surface area contributed by atoms with Gasteiger partial charge in [-0.1, -0.05) is 35.0 Å². The van der Waals surface area contributed by atoms with Crippen molar-refractivity contribution in [2.75, 3.05) is 16.2 Å². The molecule has 1 amide bonds. The summed E-state index contributed by atoms with van der Waals surface area (Å²) in [4.78, 5) is 13.7. The Hall–Kier alpha value is -1.86. The van der Waals surface area contributed by atoms with E-state index in [0.29, 0.717) is 24.3 Å². The lowest BCUT2D eigenvalue weighted by Crippen LogP contribution is -2.27. The number of hydrogen-bond acceptors (Lipinski definition) is 3. The molecule has 5 nitrogen and oxygen atoms in total. The van der Waals surface area contributed by atoms with Gasteiger partial charge in [0.05, 0.1) is 16.3 Å². The minimum atomic E-state index is -3.73. The molecule has 2 aromatic carbocycles. The average molecular weight is 423 g/mol. The van der Waals surface area contributed by atoms with Gasteiger partial charge in [-0.3, -0.25) is 9.52 Å². The van der Waals surface area contributed by atoms with E-state index in [2.05, 4.69) is 20.7 Å². The third-order valence-corrected chi connectivity index (χ3v) is 6.13. The van der Waals surface area contributed by atoms with Crippen LogP contribution in [0.3, 0.4) is 0 Å². The van der Waals surface area contributed by atoms with E-state index in [9.17, 15) is 13.2 Å². The molecule has 3 rings (SSSR count). The van der Waals surface area contributed by atoms with Crippen LogP contribution in [-0.2, 0) is 27.7 Å². The smallest absolute Gasteiger partial charge is 0.261 e. The molecule has 0 aliphatic carbocycles. The van der Waals surface area contributed by atoms with Crippen LogP contribution in [-0.4, -0.2) is 20.9 Å². The number of aryl methyl sites for hydroxylation is 1. The van der Waals surface area contributed by atoms with E-state index in [1.807, 2.05) is 25.1 Å². The van der Waals surface area contributed by atoms with Crippen molar-refractivity contribution in [1.29, 1.82) is 0 Å². The molecule has 0 atom stereocenters. The molecule has 1 heterocycles. The van der Waals surface area contributed by atoms with Gasteiger partial charge < -0.3 is 4.90 Å². The van der Waals surface area contributed by atoms with E-state index < -0.39 is 10.0 Å². The van der Waals surface area contributed by atoms with E-state index in [-0.39, 0.29) is 10.8 Å². The van der Waals surface area contributed by atoms with Gasteiger partial charge in [-0.05, 0) is 48.2 Å². The van der Waals surface area contributed by atoms with Gasteiger partial charge in [0.1, 0.15) is 0 Å². The number of anilines is 2. The lowest BCUT2D eigenvalue weighted by Gasteiger charge is -2.20. The number of fused-ring (bicyclic) bond motifs is 1. The van der Waals surface area contributed by atoms with Crippen molar-refractivity contribution in [1.82, 2.24) is 0 Å². The standard InChI is InChI=1S/C18H19BrN2O3S/c1-3-13-4-6-16(7-5-13)25(23,24)20-17-11-15(19)10-14-8-9-21(12(2)22)18(14)17/h4-7,10-11,20H,3,8-9H2,1-2H3. The van der Waals surface area contributed by atoms with Crippen molar-refractivity contribution in [3.8, 4) is 0 Å².